The number of hydrogen-bond donors (Lipinski definition) is 0. The number of pyridine rings is 2. The van der Waals surface area contributed by atoms with E-state index in [9.17, 15) is 0 Å². The molecule has 0 fully saturated rings. The van der Waals surface area contributed by atoms with E-state index in [0.717, 1.165) is 33.4 Å². The molecule has 60 heavy (non-hydrogen) atoms. The van der Waals surface area contributed by atoms with Gasteiger partial charge in [-0.1, -0.05) is 70.6 Å². The Kier molecular flexibility index (Phi) is 8.85. The van der Waals surface area contributed by atoms with Crippen LogP contribution >= 0.6 is 11.3 Å². The minimum absolute atomic E-state index is 0. The normalized spacial score (nSPS) is 13.5. The first-order chi connectivity index (χ1) is 31.1. The molecule has 5 aromatic heterocycles. The number of aryl methyl sites for hydroxylation is 2. The predicted octanol–water partition coefficient (Wildman–Crippen LogP) is 13.5. The Morgan fingerprint density at radius 1 is 0.667 bits per heavy atom. The van der Waals surface area contributed by atoms with E-state index < -0.39 is 27.0 Å². The van der Waals surface area contributed by atoms with Gasteiger partial charge < -0.3 is 8.98 Å². The summed E-state index contributed by atoms with van der Waals surface area (Å²) in [5.74, 6) is 7.81. The molecule has 5 nitrogen and oxygen atoms in total. The van der Waals surface area contributed by atoms with Crippen molar-refractivity contribution in [3.8, 4) is 39.5 Å². The van der Waals surface area contributed by atoms with Crippen LogP contribution in [0.25, 0.3) is 92.7 Å². The molecule has 0 aliphatic rings. The number of furan rings is 1. The first-order valence-electron chi connectivity index (χ1n) is 22.3. The number of imidazole rings is 1. The SMILES string of the molecule is [2H]C([2H])([2H])c1cc(-c2cnc3oc4c(-c5nc6ccccc6n5-c5ccc6sc7ccccc7c6c5)[c-]ccc4c3c2)cc(C([2H])([2H])[2H])c1.[CH3][Ge]([CH3])([CH3])[c]1ccc(-c2[c-]cccc2)nc1.[Ir]. The Hall–Kier alpha value is -5.70. The number of thiophene rings is 1. The van der Waals surface area contributed by atoms with Gasteiger partial charge in [0.25, 0.3) is 0 Å². The van der Waals surface area contributed by atoms with Crippen molar-refractivity contribution < 1.29 is 32.7 Å². The van der Waals surface area contributed by atoms with Gasteiger partial charge in [-0.25, -0.2) is 4.98 Å². The summed E-state index contributed by atoms with van der Waals surface area (Å²) in [4.78, 5) is 14.2. The fraction of sp³-hybridized carbons (Fsp3) is 0.0962. The first kappa shape index (κ1) is 33.1. The van der Waals surface area contributed by atoms with Crippen LogP contribution in [-0.4, -0.2) is 32.8 Å². The fourth-order valence-corrected chi connectivity index (χ4v) is 10.9. The molecule has 295 valence electrons. The van der Waals surface area contributed by atoms with Gasteiger partial charge in [0, 0.05) is 71.3 Å². The predicted molar refractivity (Wildman–Crippen MR) is 250 cm³/mol. The Labute approximate surface area is 377 Å². The van der Waals surface area contributed by atoms with Gasteiger partial charge in [0.05, 0.1) is 22.4 Å². The molecular weight excluding hydrogens is 993 g/mol. The number of para-hydroxylation sites is 2. The van der Waals surface area contributed by atoms with Gasteiger partial charge in [0.1, 0.15) is 0 Å². The van der Waals surface area contributed by atoms with E-state index >= 15 is 0 Å². The minimum Gasteiger partial charge on any atom is 0 e. The van der Waals surface area contributed by atoms with E-state index in [2.05, 4.69) is 105 Å². The number of fused-ring (bicyclic) bond motifs is 7. The van der Waals surface area contributed by atoms with Gasteiger partial charge in [-0.05, 0) is 61.7 Å². The van der Waals surface area contributed by atoms with Crippen LogP contribution in [0, 0.1) is 25.8 Å². The van der Waals surface area contributed by atoms with Crippen LogP contribution in [-0.2, 0) is 20.1 Å². The average molecular weight is 1040 g/mol. The van der Waals surface area contributed by atoms with Gasteiger partial charge in [-0.3, -0.25) is 4.98 Å². The topological polar surface area (TPSA) is 56.7 Å². The third-order valence-electron chi connectivity index (χ3n) is 10.6. The number of rotatable bonds is 5. The average Bonchev–Trinajstić information content (AvgIpc) is 3.99. The molecule has 0 atom stereocenters. The first-order valence-corrected chi connectivity index (χ1v) is 27.5. The van der Waals surface area contributed by atoms with E-state index in [4.69, 9.17) is 17.6 Å². The van der Waals surface area contributed by atoms with Gasteiger partial charge in [0.2, 0.25) is 5.71 Å². The van der Waals surface area contributed by atoms with Crippen molar-refractivity contribution in [1.82, 2.24) is 19.5 Å². The zero-order chi connectivity index (χ0) is 45.3. The Bertz CT molecular complexity index is 3550. The standard InChI is InChI=1S/C38H24N3OS.C14H16GeN.Ir/c1-22-16-23(2)18-24(17-22)25-19-31-28-9-7-10-29(36(28)42-38(31)39-21-25)37-40-32-11-4-5-12-33(32)41(37)26-14-15-35-30(20-26)27-8-3-6-13-34(27)43-35;1-15(2,3)13-9-10-14(16-11-13)12-7-5-4-6-8-12;/h3-9,11-21H,1-2H3;4-7,9-11H,1-3H3;/q2*-1;/i1D3,2D3;;. The van der Waals surface area contributed by atoms with Gasteiger partial charge >= 0.3 is 99.8 Å². The summed E-state index contributed by atoms with van der Waals surface area (Å²) in [5, 5.41) is 3.86. The van der Waals surface area contributed by atoms with Crippen LogP contribution in [0.1, 0.15) is 19.4 Å². The maximum Gasteiger partial charge on any atom is 0 e. The summed E-state index contributed by atoms with van der Waals surface area (Å²) in [5.41, 5.74) is 7.34. The monoisotopic (exact) mass is 1040 g/mol. The van der Waals surface area contributed by atoms with E-state index in [1.54, 1.807) is 17.5 Å². The third kappa shape index (κ3) is 7.41. The van der Waals surface area contributed by atoms with Crippen molar-refractivity contribution >= 4 is 82.3 Å². The summed E-state index contributed by atoms with van der Waals surface area (Å²) < 4.78 is 60.1. The second-order valence-corrected chi connectivity index (χ2v) is 27.3. The zero-order valence-corrected chi connectivity index (χ0v) is 38.2. The fourth-order valence-electron chi connectivity index (χ4n) is 7.60. The van der Waals surface area contributed by atoms with Crippen molar-refractivity contribution in [1.29, 1.82) is 0 Å². The van der Waals surface area contributed by atoms with E-state index in [0.29, 0.717) is 39.2 Å². The number of nitrogens with zero attached hydrogens (tertiary/aromatic N) is 4. The van der Waals surface area contributed by atoms with E-state index in [1.807, 2.05) is 66.9 Å². The summed E-state index contributed by atoms with van der Waals surface area (Å²) >= 11 is 0.0546. The molecule has 0 unspecified atom stereocenters. The number of hydrogen-bond acceptors (Lipinski definition) is 5. The van der Waals surface area contributed by atoms with Crippen molar-refractivity contribution in [3.05, 3.63) is 175 Å². The molecule has 11 aromatic rings. The van der Waals surface area contributed by atoms with Crippen LogP contribution in [0.2, 0.25) is 17.3 Å². The Morgan fingerprint density at radius 2 is 1.47 bits per heavy atom. The van der Waals surface area contributed by atoms with Crippen LogP contribution in [0.3, 0.4) is 0 Å². The van der Waals surface area contributed by atoms with Gasteiger partial charge in [-0.15, -0.1) is 29.5 Å². The number of aromatic nitrogens is 4. The quantitative estimate of drug-likeness (QED) is 0.127. The summed E-state index contributed by atoms with van der Waals surface area (Å²) in [6.45, 7) is -4.96. The van der Waals surface area contributed by atoms with Crippen LogP contribution in [0.5, 0.6) is 0 Å². The maximum absolute atomic E-state index is 7.95. The molecule has 0 N–H and O–H groups in total. The molecule has 0 spiro atoms. The second-order valence-electron chi connectivity index (χ2n) is 15.6. The molecule has 5 heterocycles. The Balaban J connectivity index is 0.000000273. The smallest absolute Gasteiger partial charge is 0 e. The van der Waals surface area contributed by atoms with Crippen molar-refractivity contribution in [3.63, 3.8) is 0 Å². The number of benzene rings is 6. The molecule has 0 saturated carbocycles. The molecular formula is C52H40GeIrN4OS-2. The molecule has 0 aliphatic heterocycles. The summed E-state index contributed by atoms with van der Waals surface area (Å²) in [6.07, 6.45) is 3.61. The Morgan fingerprint density at radius 3 is 2.25 bits per heavy atom. The van der Waals surface area contributed by atoms with Crippen molar-refractivity contribution in [2.24, 2.45) is 0 Å². The second kappa shape index (κ2) is 16.1. The van der Waals surface area contributed by atoms with Crippen molar-refractivity contribution in [2.75, 3.05) is 0 Å². The summed E-state index contributed by atoms with van der Waals surface area (Å²) in [6, 6.07) is 51.6. The molecule has 11 rings (SSSR count). The largest absolute Gasteiger partial charge is 0 e. The van der Waals surface area contributed by atoms with E-state index in [1.165, 1.54) is 42.8 Å². The van der Waals surface area contributed by atoms with Gasteiger partial charge in [0.15, 0.2) is 0 Å². The van der Waals surface area contributed by atoms with E-state index in [-0.39, 0.29) is 31.2 Å². The van der Waals surface area contributed by atoms with Crippen molar-refractivity contribution in [2.45, 2.75) is 31.0 Å². The van der Waals surface area contributed by atoms with Crippen LogP contribution in [0.15, 0.2) is 156 Å². The molecule has 0 bridgehead atoms. The molecule has 0 saturated heterocycles. The van der Waals surface area contributed by atoms with Gasteiger partial charge in [-0.2, -0.15) is 0 Å². The maximum atomic E-state index is 7.95. The van der Waals surface area contributed by atoms with Crippen LogP contribution < -0.4 is 4.40 Å². The molecule has 8 heteroatoms. The minimum atomic E-state index is -2.48. The summed E-state index contributed by atoms with van der Waals surface area (Å²) in [7, 11) is 0. The molecule has 1 radical (unpaired) electrons. The zero-order valence-electron chi connectivity index (χ0n) is 38.9. The third-order valence-corrected chi connectivity index (χ3v) is 16.0. The van der Waals surface area contributed by atoms with Crippen LogP contribution in [0.4, 0.5) is 0 Å². The molecule has 0 aliphatic carbocycles. The molecule has 6 aromatic carbocycles. The molecule has 0 amide bonds.